The van der Waals surface area contributed by atoms with Gasteiger partial charge in [-0.15, -0.1) is 11.8 Å². The Balaban J connectivity index is 0.000000208. The number of nitro benzene ring substituents is 1. The van der Waals surface area contributed by atoms with E-state index in [4.69, 9.17) is 17.3 Å². The number of hydrogen-bond donors (Lipinski definition) is 3. The van der Waals surface area contributed by atoms with E-state index in [1.54, 1.807) is 60.9 Å². The average molecular weight is 535 g/mol. The maximum atomic E-state index is 12.0. The summed E-state index contributed by atoms with van der Waals surface area (Å²) in [4.78, 5) is 34.9. The van der Waals surface area contributed by atoms with E-state index in [0.29, 0.717) is 26.9 Å². The lowest BCUT2D eigenvalue weighted by Gasteiger charge is -2.06. The summed E-state index contributed by atoms with van der Waals surface area (Å²) < 4.78 is 0. The highest BCUT2D eigenvalue weighted by atomic mass is 35.5. The van der Waals surface area contributed by atoms with Crippen LogP contribution in [0.5, 0.6) is 0 Å². The summed E-state index contributed by atoms with van der Waals surface area (Å²) in [5.41, 5.74) is 8.11. The molecular formula is C27H23ClN4O4S. The van der Waals surface area contributed by atoms with E-state index < -0.39 is 4.92 Å². The molecule has 10 heteroatoms. The minimum absolute atomic E-state index is 0.0572. The van der Waals surface area contributed by atoms with Crippen molar-refractivity contribution in [1.29, 1.82) is 0 Å². The first kappa shape index (κ1) is 27.3. The molecule has 188 valence electrons. The van der Waals surface area contributed by atoms with Gasteiger partial charge in [0.25, 0.3) is 17.5 Å². The predicted molar refractivity (Wildman–Crippen MR) is 150 cm³/mol. The highest BCUT2D eigenvalue weighted by molar-refractivity contribution is 7.98. The minimum Gasteiger partial charge on any atom is -0.398 e. The summed E-state index contributed by atoms with van der Waals surface area (Å²) in [5.74, 6) is -0.577. The molecule has 0 heterocycles. The number of nitrogens with two attached hydrogens (primary N) is 1. The molecule has 2 amide bonds. The fraction of sp³-hybridized carbons (Fsp3) is 0.0370. The lowest BCUT2D eigenvalue weighted by molar-refractivity contribution is -0.387. The van der Waals surface area contributed by atoms with Crippen LogP contribution in [0.1, 0.15) is 20.7 Å². The molecule has 0 fully saturated rings. The van der Waals surface area contributed by atoms with E-state index in [9.17, 15) is 19.7 Å². The highest BCUT2D eigenvalue weighted by Gasteiger charge is 2.17. The van der Waals surface area contributed by atoms with Crippen molar-refractivity contribution in [3.63, 3.8) is 0 Å². The molecule has 0 radical (unpaired) electrons. The number of thioether (sulfide) groups is 1. The van der Waals surface area contributed by atoms with Crippen LogP contribution in [0, 0.1) is 10.1 Å². The Morgan fingerprint density at radius 3 is 1.76 bits per heavy atom. The third-order valence-electron chi connectivity index (χ3n) is 4.96. The summed E-state index contributed by atoms with van der Waals surface area (Å²) in [5, 5.41) is 16.9. The van der Waals surface area contributed by atoms with Crippen molar-refractivity contribution in [2.45, 2.75) is 4.90 Å². The zero-order chi connectivity index (χ0) is 26.8. The van der Waals surface area contributed by atoms with E-state index >= 15 is 0 Å². The molecule has 0 spiro atoms. The number of anilines is 3. The number of nitro groups is 1. The van der Waals surface area contributed by atoms with Crippen LogP contribution in [0.15, 0.2) is 102 Å². The largest absolute Gasteiger partial charge is 0.398 e. The number of hydrogen-bond acceptors (Lipinski definition) is 6. The standard InChI is InChI=1S/C14H12N2O3S.C13H11ClN2O/c1-20-13-8-7-10(9-12(13)16(18)19)14(17)15-11-5-3-2-4-6-11;14-11-7-6-9(8-12(11)15)13(17)16-10-4-2-1-3-5-10/h2-9H,1H3,(H,15,17);1-8H,15H2,(H,16,17). The first-order chi connectivity index (χ1) is 17.8. The molecule has 0 aliphatic rings. The van der Waals surface area contributed by atoms with Crippen molar-refractivity contribution in [2.24, 2.45) is 0 Å². The van der Waals surface area contributed by atoms with Gasteiger partial charge < -0.3 is 16.4 Å². The molecule has 0 atom stereocenters. The van der Waals surface area contributed by atoms with Crippen LogP contribution >= 0.6 is 23.4 Å². The molecule has 0 unspecified atom stereocenters. The summed E-state index contributed by atoms with van der Waals surface area (Å²) in [6.45, 7) is 0. The van der Waals surface area contributed by atoms with Gasteiger partial charge in [0.2, 0.25) is 0 Å². The fourth-order valence-corrected chi connectivity index (χ4v) is 3.77. The molecule has 37 heavy (non-hydrogen) atoms. The monoisotopic (exact) mass is 534 g/mol. The second kappa shape index (κ2) is 13.1. The van der Waals surface area contributed by atoms with Gasteiger partial charge in [0.1, 0.15) is 0 Å². The fourth-order valence-electron chi connectivity index (χ4n) is 3.11. The van der Waals surface area contributed by atoms with E-state index in [-0.39, 0.29) is 23.1 Å². The van der Waals surface area contributed by atoms with Gasteiger partial charge in [-0.1, -0.05) is 48.0 Å². The van der Waals surface area contributed by atoms with E-state index in [2.05, 4.69) is 10.6 Å². The number of para-hydroxylation sites is 2. The SMILES string of the molecule is CSc1ccc(C(=O)Nc2ccccc2)cc1[N+](=O)[O-].Nc1cc(C(=O)Nc2ccccc2)ccc1Cl. The molecule has 4 rings (SSSR count). The second-order valence-electron chi connectivity index (χ2n) is 7.52. The maximum Gasteiger partial charge on any atom is 0.283 e. The number of benzene rings is 4. The number of carbonyl (C=O) groups excluding carboxylic acids is 2. The van der Waals surface area contributed by atoms with Gasteiger partial charge in [0.15, 0.2) is 0 Å². The van der Waals surface area contributed by atoms with E-state index in [0.717, 1.165) is 5.69 Å². The van der Waals surface area contributed by atoms with Crippen LogP contribution in [-0.2, 0) is 0 Å². The van der Waals surface area contributed by atoms with Gasteiger partial charge in [0.05, 0.1) is 20.5 Å². The van der Waals surface area contributed by atoms with Crippen LogP contribution in [0.25, 0.3) is 0 Å². The quantitative estimate of drug-likeness (QED) is 0.109. The number of amides is 2. The summed E-state index contributed by atoms with van der Waals surface area (Å²) >= 11 is 7.06. The molecule has 0 saturated heterocycles. The van der Waals surface area contributed by atoms with Crippen molar-refractivity contribution in [3.05, 3.63) is 123 Å². The topological polar surface area (TPSA) is 127 Å². The van der Waals surface area contributed by atoms with Crippen LogP contribution in [0.4, 0.5) is 22.7 Å². The van der Waals surface area contributed by atoms with Crippen molar-refractivity contribution in [1.82, 2.24) is 0 Å². The van der Waals surface area contributed by atoms with E-state index in [1.807, 2.05) is 36.4 Å². The smallest absolute Gasteiger partial charge is 0.283 e. The molecule has 4 aromatic carbocycles. The highest BCUT2D eigenvalue weighted by Crippen LogP contribution is 2.28. The first-order valence-electron chi connectivity index (χ1n) is 10.9. The third kappa shape index (κ3) is 7.83. The Bertz CT molecular complexity index is 1400. The Labute approximate surface area is 223 Å². The molecule has 4 aromatic rings. The molecule has 0 aliphatic carbocycles. The minimum atomic E-state index is -0.481. The second-order valence-corrected chi connectivity index (χ2v) is 8.78. The Kier molecular flexibility index (Phi) is 9.65. The Morgan fingerprint density at radius 2 is 1.30 bits per heavy atom. The van der Waals surface area contributed by atoms with Crippen molar-refractivity contribution in [3.8, 4) is 0 Å². The number of nitrogens with zero attached hydrogens (tertiary/aromatic N) is 1. The van der Waals surface area contributed by atoms with Crippen LogP contribution in [-0.4, -0.2) is 23.0 Å². The Hall–Kier alpha value is -4.34. The zero-order valence-electron chi connectivity index (χ0n) is 19.7. The van der Waals surface area contributed by atoms with Gasteiger partial charge in [-0.05, 0) is 60.9 Å². The number of nitrogen functional groups attached to an aromatic ring is 1. The van der Waals surface area contributed by atoms with Crippen molar-refractivity contribution < 1.29 is 14.5 Å². The van der Waals surface area contributed by atoms with Crippen molar-refractivity contribution >= 4 is 57.9 Å². The number of nitrogens with one attached hydrogen (secondary N) is 2. The molecular weight excluding hydrogens is 512 g/mol. The van der Waals surface area contributed by atoms with Crippen LogP contribution < -0.4 is 16.4 Å². The molecule has 0 aromatic heterocycles. The summed E-state index contributed by atoms with van der Waals surface area (Å²) in [6, 6.07) is 27.4. The molecule has 0 aliphatic heterocycles. The number of carbonyl (C=O) groups is 2. The molecule has 0 saturated carbocycles. The van der Waals surface area contributed by atoms with Gasteiger partial charge in [-0.3, -0.25) is 19.7 Å². The van der Waals surface area contributed by atoms with Crippen LogP contribution in [0.2, 0.25) is 5.02 Å². The van der Waals surface area contributed by atoms with Gasteiger partial charge in [0, 0.05) is 28.6 Å². The molecule has 4 N–H and O–H groups in total. The maximum absolute atomic E-state index is 12.0. The average Bonchev–Trinajstić information content (AvgIpc) is 2.91. The number of halogens is 1. The molecule has 8 nitrogen and oxygen atoms in total. The third-order valence-corrected chi connectivity index (χ3v) is 6.09. The first-order valence-corrected chi connectivity index (χ1v) is 12.5. The number of rotatable bonds is 6. The molecule has 0 bridgehead atoms. The zero-order valence-corrected chi connectivity index (χ0v) is 21.3. The summed E-state index contributed by atoms with van der Waals surface area (Å²) in [7, 11) is 0. The van der Waals surface area contributed by atoms with Gasteiger partial charge >= 0.3 is 0 Å². The van der Waals surface area contributed by atoms with Crippen molar-refractivity contribution in [2.75, 3.05) is 22.6 Å². The Morgan fingerprint density at radius 1 is 0.811 bits per heavy atom. The normalized spacial score (nSPS) is 10.0. The lowest BCUT2D eigenvalue weighted by Crippen LogP contribution is -2.12. The van der Waals surface area contributed by atoms with Gasteiger partial charge in [-0.25, -0.2) is 0 Å². The van der Waals surface area contributed by atoms with E-state index in [1.165, 1.54) is 17.8 Å². The summed E-state index contributed by atoms with van der Waals surface area (Å²) in [6.07, 6.45) is 1.76. The predicted octanol–water partition coefficient (Wildman–Crippen LogP) is 6.74. The van der Waals surface area contributed by atoms with Crippen LogP contribution in [0.3, 0.4) is 0 Å². The lowest BCUT2D eigenvalue weighted by atomic mass is 10.2. The van der Waals surface area contributed by atoms with Gasteiger partial charge in [-0.2, -0.15) is 0 Å².